The third-order valence-corrected chi connectivity index (χ3v) is 3.72. The van der Waals surface area contributed by atoms with Gasteiger partial charge in [0, 0.05) is 18.0 Å². The lowest BCUT2D eigenvalue weighted by atomic mass is 10.2. The second-order valence-electron chi connectivity index (χ2n) is 5.04. The van der Waals surface area contributed by atoms with E-state index in [1.807, 2.05) is 41.9 Å². The molecule has 3 rings (SSSR count). The molecule has 1 aliphatic rings. The number of rotatable bonds is 3. The Kier molecular flexibility index (Phi) is 2.41. The molecule has 0 atom stereocenters. The standard InChI is InChI=1S/C14H16N2O2/c1-16-11-5-3-2-4-10(11)8-12(16)13(18)15-14(9-17)6-7-14/h2-5,8,17H,6-7,9H2,1H3,(H,15,18). The van der Waals surface area contributed by atoms with Gasteiger partial charge in [-0.2, -0.15) is 0 Å². The van der Waals surface area contributed by atoms with Gasteiger partial charge in [0.15, 0.2) is 0 Å². The highest BCUT2D eigenvalue weighted by molar-refractivity contribution is 5.99. The van der Waals surface area contributed by atoms with Crippen molar-refractivity contribution >= 4 is 16.8 Å². The number of fused-ring (bicyclic) bond motifs is 1. The Labute approximate surface area is 105 Å². The van der Waals surface area contributed by atoms with E-state index in [4.69, 9.17) is 0 Å². The van der Waals surface area contributed by atoms with Crippen molar-refractivity contribution in [2.24, 2.45) is 7.05 Å². The molecule has 1 fully saturated rings. The largest absolute Gasteiger partial charge is 0.394 e. The molecule has 94 valence electrons. The van der Waals surface area contributed by atoms with E-state index >= 15 is 0 Å². The van der Waals surface area contributed by atoms with Gasteiger partial charge in [0.2, 0.25) is 0 Å². The molecule has 4 heteroatoms. The first-order valence-corrected chi connectivity index (χ1v) is 6.13. The minimum atomic E-state index is -0.368. The van der Waals surface area contributed by atoms with Gasteiger partial charge in [-0.25, -0.2) is 0 Å². The van der Waals surface area contributed by atoms with E-state index in [1.165, 1.54) is 0 Å². The van der Waals surface area contributed by atoms with Crippen LogP contribution in [0, 0.1) is 0 Å². The highest BCUT2D eigenvalue weighted by Gasteiger charge is 2.43. The van der Waals surface area contributed by atoms with Crippen LogP contribution in [-0.4, -0.2) is 27.7 Å². The van der Waals surface area contributed by atoms with Crippen LogP contribution in [0.1, 0.15) is 23.3 Å². The molecule has 2 N–H and O–H groups in total. The molecule has 1 aromatic heterocycles. The van der Waals surface area contributed by atoms with Crippen molar-refractivity contribution in [3.8, 4) is 0 Å². The van der Waals surface area contributed by atoms with Crippen LogP contribution in [-0.2, 0) is 7.05 Å². The first-order chi connectivity index (χ1) is 8.65. The van der Waals surface area contributed by atoms with Gasteiger partial charge in [-0.15, -0.1) is 0 Å². The van der Waals surface area contributed by atoms with Crippen molar-refractivity contribution in [3.63, 3.8) is 0 Å². The van der Waals surface area contributed by atoms with Gasteiger partial charge in [0.05, 0.1) is 12.1 Å². The van der Waals surface area contributed by atoms with E-state index < -0.39 is 0 Å². The van der Waals surface area contributed by atoms with Crippen molar-refractivity contribution < 1.29 is 9.90 Å². The molecule has 1 aromatic carbocycles. The average molecular weight is 244 g/mol. The lowest BCUT2D eigenvalue weighted by molar-refractivity contribution is 0.0899. The number of nitrogens with one attached hydrogen (secondary N) is 1. The Bertz CT molecular complexity index is 611. The number of benzene rings is 1. The summed E-state index contributed by atoms with van der Waals surface area (Å²) in [4.78, 5) is 12.2. The first-order valence-electron chi connectivity index (χ1n) is 6.13. The van der Waals surface area contributed by atoms with Crippen molar-refractivity contribution in [2.45, 2.75) is 18.4 Å². The van der Waals surface area contributed by atoms with Crippen LogP contribution in [0.5, 0.6) is 0 Å². The third kappa shape index (κ3) is 1.69. The highest BCUT2D eigenvalue weighted by Crippen LogP contribution is 2.35. The van der Waals surface area contributed by atoms with E-state index in [0.717, 1.165) is 23.7 Å². The van der Waals surface area contributed by atoms with Crippen molar-refractivity contribution in [1.82, 2.24) is 9.88 Å². The van der Waals surface area contributed by atoms with Crippen LogP contribution < -0.4 is 5.32 Å². The number of para-hydroxylation sites is 1. The van der Waals surface area contributed by atoms with Crippen LogP contribution in [0.15, 0.2) is 30.3 Å². The summed E-state index contributed by atoms with van der Waals surface area (Å²) < 4.78 is 1.89. The molecule has 0 bridgehead atoms. The fourth-order valence-corrected chi connectivity index (χ4v) is 2.29. The number of aromatic nitrogens is 1. The Morgan fingerprint density at radius 2 is 2.17 bits per heavy atom. The number of carbonyl (C=O) groups is 1. The van der Waals surface area contributed by atoms with Gasteiger partial charge < -0.3 is 15.0 Å². The molecule has 2 aromatic rings. The molecule has 0 unspecified atom stereocenters. The number of aryl methyl sites for hydroxylation is 1. The molecular formula is C14H16N2O2. The zero-order valence-electron chi connectivity index (χ0n) is 10.3. The van der Waals surface area contributed by atoms with Crippen molar-refractivity contribution in [3.05, 3.63) is 36.0 Å². The van der Waals surface area contributed by atoms with Crippen LogP contribution in [0.25, 0.3) is 10.9 Å². The number of aliphatic hydroxyl groups is 1. The second kappa shape index (κ2) is 3.85. The Balaban J connectivity index is 1.94. The number of hydrogen-bond donors (Lipinski definition) is 2. The second-order valence-corrected chi connectivity index (χ2v) is 5.04. The maximum atomic E-state index is 12.2. The van der Waals surface area contributed by atoms with Crippen LogP contribution in [0.3, 0.4) is 0 Å². The normalized spacial score (nSPS) is 16.8. The van der Waals surface area contributed by atoms with Crippen molar-refractivity contribution in [2.75, 3.05) is 6.61 Å². The number of carbonyl (C=O) groups excluding carboxylic acids is 1. The summed E-state index contributed by atoms with van der Waals surface area (Å²) in [6.07, 6.45) is 1.72. The van der Waals surface area contributed by atoms with E-state index in [1.54, 1.807) is 0 Å². The topological polar surface area (TPSA) is 54.3 Å². The zero-order chi connectivity index (χ0) is 12.8. The molecule has 1 saturated carbocycles. The van der Waals surface area contributed by atoms with E-state index in [9.17, 15) is 9.90 Å². The predicted octanol–water partition coefficient (Wildman–Crippen LogP) is 1.43. The number of hydrogen-bond acceptors (Lipinski definition) is 2. The Morgan fingerprint density at radius 3 is 2.78 bits per heavy atom. The molecule has 1 aliphatic carbocycles. The summed E-state index contributed by atoms with van der Waals surface area (Å²) in [5, 5.41) is 13.2. The number of amides is 1. The average Bonchev–Trinajstić information content (AvgIpc) is 3.08. The van der Waals surface area contributed by atoms with Gasteiger partial charge in [-0.05, 0) is 25.0 Å². The monoisotopic (exact) mass is 244 g/mol. The van der Waals surface area contributed by atoms with Gasteiger partial charge in [0.25, 0.3) is 5.91 Å². The van der Waals surface area contributed by atoms with Crippen LogP contribution in [0.4, 0.5) is 0 Å². The van der Waals surface area contributed by atoms with E-state index in [-0.39, 0.29) is 18.1 Å². The summed E-state index contributed by atoms with van der Waals surface area (Å²) in [5.41, 5.74) is 1.31. The van der Waals surface area contributed by atoms with Gasteiger partial charge in [0.1, 0.15) is 5.69 Å². The number of nitrogens with zero attached hydrogens (tertiary/aromatic N) is 1. The van der Waals surface area contributed by atoms with Gasteiger partial charge >= 0.3 is 0 Å². The predicted molar refractivity (Wildman–Crippen MR) is 69.4 cm³/mol. The van der Waals surface area contributed by atoms with Gasteiger partial charge in [-0.3, -0.25) is 4.79 Å². The van der Waals surface area contributed by atoms with Gasteiger partial charge in [-0.1, -0.05) is 18.2 Å². The summed E-state index contributed by atoms with van der Waals surface area (Å²) in [5.74, 6) is -0.111. The summed E-state index contributed by atoms with van der Waals surface area (Å²) in [6, 6.07) is 9.79. The molecule has 0 spiro atoms. The minimum absolute atomic E-state index is 0.0166. The lowest BCUT2D eigenvalue weighted by Crippen LogP contribution is -2.40. The molecule has 0 aliphatic heterocycles. The molecule has 1 heterocycles. The highest BCUT2D eigenvalue weighted by atomic mass is 16.3. The molecular weight excluding hydrogens is 228 g/mol. The SMILES string of the molecule is Cn1c(C(=O)NC2(CO)CC2)cc2ccccc21. The molecule has 18 heavy (non-hydrogen) atoms. The van der Waals surface area contributed by atoms with Crippen LogP contribution in [0.2, 0.25) is 0 Å². The maximum absolute atomic E-state index is 12.2. The number of aliphatic hydroxyl groups excluding tert-OH is 1. The minimum Gasteiger partial charge on any atom is -0.394 e. The summed E-state index contributed by atoms with van der Waals surface area (Å²) in [6.45, 7) is 0.0166. The summed E-state index contributed by atoms with van der Waals surface area (Å²) in [7, 11) is 1.88. The van der Waals surface area contributed by atoms with E-state index in [0.29, 0.717) is 5.69 Å². The quantitative estimate of drug-likeness (QED) is 0.858. The van der Waals surface area contributed by atoms with Crippen LogP contribution >= 0.6 is 0 Å². The Hall–Kier alpha value is -1.81. The lowest BCUT2D eigenvalue weighted by Gasteiger charge is -2.14. The molecule has 0 radical (unpaired) electrons. The fourth-order valence-electron chi connectivity index (χ4n) is 2.29. The molecule has 0 saturated heterocycles. The summed E-state index contributed by atoms with van der Waals surface area (Å²) >= 11 is 0. The third-order valence-electron chi connectivity index (χ3n) is 3.72. The Morgan fingerprint density at radius 1 is 1.44 bits per heavy atom. The smallest absolute Gasteiger partial charge is 0.268 e. The molecule has 4 nitrogen and oxygen atoms in total. The molecule has 1 amide bonds. The fraction of sp³-hybridized carbons (Fsp3) is 0.357. The zero-order valence-corrected chi connectivity index (χ0v) is 10.3. The first kappa shape index (κ1) is 11.3. The maximum Gasteiger partial charge on any atom is 0.268 e. The van der Waals surface area contributed by atoms with Crippen molar-refractivity contribution in [1.29, 1.82) is 0 Å². The van der Waals surface area contributed by atoms with E-state index in [2.05, 4.69) is 5.32 Å².